The van der Waals surface area contributed by atoms with Crippen molar-refractivity contribution >= 4 is 61.6 Å². The van der Waals surface area contributed by atoms with Crippen LogP contribution in [0.5, 0.6) is 0 Å². The zero-order valence-electron chi connectivity index (χ0n) is 20.2. The van der Waals surface area contributed by atoms with E-state index in [1.165, 1.54) is 51.0 Å². The zero-order chi connectivity index (χ0) is 24.5. The first kappa shape index (κ1) is 36.2. The Kier molecular flexibility index (Phi) is 31.4. The van der Waals surface area contributed by atoms with E-state index in [1.807, 2.05) is 0 Å². The number of allylic oxidation sites excluding steroid dienone is 2. The molecule has 0 aromatic rings. The van der Waals surface area contributed by atoms with Crippen molar-refractivity contribution < 1.29 is 38.9 Å². The fourth-order valence-corrected chi connectivity index (χ4v) is 2.29. The van der Waals surface area contributed by atoms with Gasteiger partial charge in [-0.3, -0.25) is 9.59 Å². The second-order valence-corrected chi connectivity index (χ2v) is 7.17. The monoisotopic (exact) mass is 494 g/mol. The molecule has 0 aliphatic carbocycles. The fourth-order valence-electron chi connectivity index (χ4n) is 2.29. The molecule has 9 heteroatoms. The Morgan fingerprint density at radius 1 is 0.606 bits per heavy atom. The molecule has 0 spiro atoms. The summed E-state index contributed by atoms with van der Waals surface area (Å²) in [7, 11) is 0. The largest absolute Gasteiger partial charge is 2.00 e. The van der Waals surface area contributed by atoms with Crippen molar-refractivity contribution in [2.75, 3.05) is 0 Å². The van der Waals surface area contributed by atoms with E-state index in [0.717, 1.165) is 25.7 Å². The molecule has 0 radical (unpaired) electrons. The maximum atomic E-state index is 10.9. The molecule has 0 aliphatic rings. The van der Waals surface area contributed by atoms with E-state index >= 15 is 0 Å². The Labute approximate surface area is 227 Å². The molecule has 0 aromatic carbocycles. The smallest absolute Gasteiger partial charge is 0.550 e. The van der Waals surface area contributed by atoms with Crippen LogP contribution in [0, 0.1) is 0 Å². The number of hydrogen-bond acceptors (Lipinski definition) is 8. The first-order valence-corrected chi connectivity index (χ1v) is 11.4. The summed E-state index contributed by atoms with van der Waals surface area (Å²) in [5.74, 6) is -3.54. The maximum absolute atomic E-state index is 10.9. The van der Waals surface area contributed by atoms with E-state index in [2.05, 4.69) is 23.3 Å². The molecule has 33 heavy (non-hydrogen) atoms. The van der Waals surface area contributed by atoms with Gasteiger partial charge in [-0.1, -0.05) is 52.4 Å². The fraction of sp³-hybridized carbons (Fsp3) is 0.667. The first-order chi connectivity index (χ1) is 15.3. The van der Waals surface area contributed by atoms with Gasteiger partial charge in [-0.2, -0.15) is 0 Å². The van der Waals surface area contributed by atoms with Crippen LogP contribution < -0.4 is 10.2 Å². The number of carboxylic acid groups (broad SMARTS) is 2. The summed E-state index contributed by atoms with van der Waals surface area (Å²) in [5.41, 5.74) is 0. The SMILES string of the molecule is CCCCCCC=COC(=O)CCC(=O)[O-].CCCCCCC=COC(=O)CCC(=O)[O-].[Ca+2]. The number of unbranched alkanes of at least 4 members (excludes halogenated alkanes) is 8. The summed E-state index contributed by atoms with van der Waals surface area (Å²) < 4.78 is 9.38. The standard InChI is InChI=1S/2C12H20O4.Ca/c2*1-2-3-4-5-6-7-10-16-12(15)9-8-11(13)14;/h2*7,10H,2-6,8-9H2,1H3,(H,13,14);/q;;+2/p-2. The molecule has 0 rings (SSSR count). The van der Waals surface area contributed by atoms with Gasteiger partial charge in [-0.15, -0.1) is 0 Å². The molecular weight excluding hydrogens is 456 g/mol. The third-order valence-corrected chi connectivity index (χ3v) is 4.11. The van der Waals surface area contributed by atoms with Crippen LogP contribution in [-0.4, -0.2) is 61.6 Å². The summed E-state index contributed by atoms with van der Waals surface area (Å²) in [6, 6.07) is 0. The molecule has 0 aromatic heterocycles. The van der Waals surface area contributed by atoms with Gasteiger partial charge in [0.2, 0.25) is 0 Å². The van der Waals surface area contributed by atoms with Gasteiger partial charge in [-0.25, -0.2) is 0 Å². The van der Waals surface area contributed by atoms with Gasteiger partial charge in [0.25, 0.3) is 0 Å². The van der Waals surface area contributed by atoms with Crippen molar-refractivity contribution in [1.29, 1.82) is 0 Å². The summed E-state index contributed by atoms with van der Waals surface area (Å²) >= 11 is 0. The molecule has 0 saturated heterocycles. The minimum Gasteiger partial charge on any atom is -0.550 e. The van der Waals surface area contributed by atoms with E-state index in [4.69, 9.17) is 0 Å². The Morgan fingerprint density at radius 3 is 1.27 bits per heavy atom. The second-order valence-electron chi connectivity index (χ2n) is 7.17. The van der Waals surface area contributed by atoms with E-state index < -0.39 is 23.9 Å². The summed E-state index contributed by atoms with van der Waals surface area (Å²) in [4.78, 5) is 41.9. The summed E-state index contributed by atoms with van der Waals surface area (Å²) in [6.07, 6.45) is 16.5. The minimum atomic E-state index is -1.24. The van der Waals surface area contributed by atoms with Gasteiger partial charge >= 0.3 is 49.7 Å². The Hall–Kier alpha value is -1.38. The molecule has 0 fully saturated rings. The Morgan fingerprint density at radius 2 is 0.970 bits per heavy atom. The predicted octanol–water partition coefficient (Wildman–Crippen LogP) is 2.71. The van der Waals surface area contributed by atoms with Crippen LogP contribution in [0.2, 0.25) is 0 Å². The Bertz CT molecular complexity index is 523. The third-order valence-electron chi connectivity index (χ3n) is 4.11. The Balaban J connectivity index is -0.000000529. The molecule has 8 nitrogen and oxygen atoms in total. The zero-order valence-corrected chi connectivity index (χ0v) is 22.4. The first-order valence-electron chi connectivity index (χ1n) is 11.4. The van der Waals surface area contributed by atoms with Gasteiger partial charge in [0.1, 0.15) is 0 Å². The minimum absolute atomic E-state index is 0. The van der Waals surface area contributed by atoms with Crippen LogP contribution in [0.1, 0.15) is 104 Å². The van der Waals surface area contributed by atoms with Crippen molar-refractivity contribution in [3.05, 3.63) is 24.7 Å². The van der Waals surface area contributed by atoms with E-state index in [-0.39, 0.29) is 63.4 Å². The number of ether oxygens (including phenoxy) is 2. The van der Waals surface area contributed by atoms with Gasteiger partial charge < -0.3 is 29.3 Å². The second kappa shape index (κ2) is 28.7. The topological polar surface area (TPSA) is 133 Å². The molecule has 184 valence electrons. The molecule has 0 bridgehead atoms. The predicted molar refractivity (Wildman–Crippen MR) is 122 cm³/mol. The maximum Gasteiger partial charge on any atom is 2.00 e. The molecule has 0 saturated carbocycles. The molecule has 0 N–H and O–H groups in total. The van der Waals surface area contributed by atoms with Gasteiger partial charge in [0.15, 0.2) is 0 Å². The van der Waals surface area contributed by atoms with Crippen molar-refractivity contribution in [3.8, 4) is 0 Å². The molecule has 0 atom stereocenters. The summed E-state index contributed by atoms with van der Waals surface area (Å²) in [5, 5.41) is 20.1. The van der Waals surface area contributed by atoms with Crippen molar-refractivity contribution in [3.63, 3.8) is 0 Å². The van der Waals surface area contributed by atoms with E-state index in [1.54, 1.807) is 12.2 Å². The van der Waals surface area contributed by atoms with Crippen molar-refractivity contribution in [2.45, 2.75) is 104 Å². The average molecular weight is 495 g/mol. The van der Waals surface area contributed by atoms with Gasteiger partial charge in [-0.05, 0) is 50.7 Å². The molecule has 0 unspecified atom stereocenters. The number of hydrogen-bond donors (Lipinski definition) is 0. The third kappa shape index (κ3) is 35.4. The average Bonchev–Trinajstić information content (AvgIpc) is 2.75. The van der Waals surface area contributed by atoms with Crippen LogP contribution in [0.4, 0.5) is 0 Å². The quantitative estimate of drug-likeness (QED) is 0.123. The van der Waals surface area contributed by atoms with Crippen LogP contribution in [0.15, 0.2) is 24.7 Å². The molecule has 0 heterocycles. The molecule has 0 aliphatic heterocycles. The van der Waals surface area contributed by atoms with Crippen LogP contribution in [-0.2, 0) is 28.7 Å². The number of carbonyl (C=O) groups excluding carboxylic acids is 4. The van der Waals surface area contributed by atoms with Crippen molar-refractivity contribution in [1.82, 2.24) is 0 Å². The van der Waals surface area contributed by atoms with Crippen LogP contribution >= 0.6 is 0 Å². The van der Waals surface area contributed by atoms with Crippen LogP contribution in [0.25, 0.3) is 0 Å². The summed E-state index contributed by atoms with van der Waals surface area (Å²) in [6.45, 7) is 4.30. The normalized spacial score (nSPS) is 10.2. The number of esters is 2. The van der Waals surface area contributed by atoms with E-state index in [9.17, 15) is 29.4 Å². The molecule has 0 amide bonds. The molecular formula is C24H38CaO8. The number of carbonyl (C=O) groups is 4. The van der Waals surface area contributed by atoms with E-state index in [0.29, 0.717) is 0 Å². The van der Waals surface area contributed by atoms with Gasteiger partial charge in [0.05, 0.1) is 25.4 Å². The number of rotatable bonds is 18. The van der Waals surface area contributed by atoms with Gasteiger partial charge in [0, 0.05) is 11.9 Å². The van der Waals surface area contributed by atoms with Crippen molar-refractivity contribution in [2.24, 2.45) is 0 Å². The van der Waals surface area contributed by atoms with Crippen LogP contribution in [0.3, 0.4) is 0 Å². The number of carboxylic acids is 2. The number of aliphatic carboxylic acids is 2.